The van der Waals surface area contributed by atoms with Crippen molar-refractivity contribution in [2.75, 3.05) is 31.1 Å². The second-order valence-corrected chi connectivity index (χ2v) is 9.05. The number of aromatic nitrogens is 2. The maximum absolute atomic E-state index is 14.6. The number of rotatable bonds is 5. The van der Waals surface area contributed by atoms with Crippen LogP contribution in [0.5, 0.6) is 0 Å². The van der Waals surface area contributed by atoms with Gasteiger partial charge in [-0.2, -0.15) is 4.98 Å². The fourth-order valence-corrected chi connectivity index (χ4v) is 4.88. The molecule has 5 nitrogen and oxygen atoms in total. The number of hydrogen-bond acceptors (Lipinski definition) is 5. The molecule has 0 spiro atoms. The van der Waals surface area contributed by atoms with Crippen LogP contribution in [-0.4, -0.2) is 47.3 Å². The van der Waals surface area contributed by atoms with Crippen molar-refractivity contribution in [3.8, 4) is 11.5 Å². The molecule has 0 radical (unpaired) electrons. The molecule has 0 saturated carbocycles. The zero-order chi connectivity index (χ0) is 20.4. The molecule has 1 aromatic carbocycles. The van der Waals surface area contributed by atoms with E-state index in [1.54, 1.807) is 19.1 Å². The quantitative estimate of drug-likeness (QED) is 0.713. The normalized spacial score (nSPS) is 20.0. The molecule has 2 aliphatic rings. The minimum absolute atomic E-state index is 0.244. The standard InChI is InChI=1S/C23H33FN4O/c1-16(2)27-10-6-18(7-11-27)14-19-8-12-28(13-9-19)20-4-5-21(22(24)15-20)23-25-17(3)26-29-23/h4-5,15-16,18-19H,6-14H2,1-3H3. The van der Waals surface area contributed by atoms with E-state index in [9.17, 15) is 4.39 Å². The van der Waals surface area contributed by atoms with Gasteiger partial charge in [-0.25, -0.2) is 4.39 Å². The summed E-state index contributed by atoms with van der Waals surface area (Å²) in [6.07, 6.45) is 6.47. The molecule has 0 atom stereocenters. The molecule has 2 aromatic rings. The van der Waals surface area contributed by atoms with Crippen molar-refractivity contribution >= 4 is 5.69 Å². The Morgan fingerprint density at radius 3 is 2.28 bits per heavy atom. The molecule has 2 saturated heterocycles. The first-order valence-corrected chi connectivity index (χ1v) is 11.1. The Morgan fingerprint density at radius 2 is 1.72 bits per heavy atom. The average molecular weight is 401 g/mol. The highest BCUT2D eigenvalue weighted by Crippen LogP contribution is 2.33. The van der Waals surface area contributed by atoms with Crippen molar-refractivity contribution in [1.29, 1.82) is 0 Å². The summed E-state index contributed by atoms with van der Waals surface area (Å²) >= 11 is 0. The lowest BCUT2D eigenvalue weighted by molar-refractivity contribution is 0.133. The lowest BCUT2D eigenvalue weighted by Crippen LogP contribution is -2.39. The van der Waals surface area contributed by atoms with Crippen molar-refractivity contribution < 1.29 is 8.91 Å². The second kappa shape index (κ2) is 8.82. The predicted molar refractivity (Wildman–Crippen MR) is 113 cm³/mol. The Bertz CT molecular complexity index is 805. The molecule has 158 valence electrons. The van der Waals surface area contributed by atoms with E-state index in [0.29, 0.717) is 17.4 Å². The summed E-state index contributed by atoms with van der Waals surface area (Å²) in [4.78, 5) is 9.04. The first kappa shape index (κ1) is 20.3. The lowest BCUT2D eigenvalue weighted by Gasteiger charge is -2.38. The van der Waals surface area contributed by atoms with Gasteiger partial charge in [-0.3, -0.25) is 0 Å². The summed E-state index contributed by atoms with van der Waals surface area (Å²) in [5.41, 5.74) is 1.32. The van der Waals surface area contributed by atoms with Gasteiger partial charge in [0.25, 0.3) is 5.89 Å². The molecule has 4 rings (SSSR count). The molecule has 0 N–H and O–H groups in total. The molecule has 2 fully saturated rings. The first-order chi connectivity index (χ1) is 14.0. The van der Waals surface area contributed by atoms with Crippen molar-refractivity contribution in [2.24, 2.45) is 11.8 Å². The van der Waals surface area contributed by atoms with E-state index in [1.165, 1.54) is 45.2 Å². The van der Waals surface area contributed by atoms with Gasteiger partial charge in [-0.05, 0) is 96.0 Å². The molecule has 6 heteroatoms. The van der Waals surface area contributed by atoms with E-state index in [2.05, 4.69) is 33.8 Å². The highest BCUT2D eigenvalue weighted by Gasteiger charge is 2.26. The van der Waals surface area contributed by atoms with Crippen LogP contribution in [0.15, 0.2) is 22.7 Å². The van der Waals surface area contributed by atoms with Crippen molar-refractivity contribution in [2.45, 2.75) is 58.9 Å². The third-order valence-corrected chi connectivity index (χ3v) is 6.74. The smallest absolute Gasteiger partial charge is 0.260 e. The summed E-state index contributed by atoms with van der Waals surface area (Å²) in [6, 6.07) is 6.01. The Labute approximate surface area is 173 Å². The largest absolute Gasteiger partial charge is 0.371 e. The van der Waals surface area contributed by atoms with E-state index in [4.69, 9.17) is 4.52 Å². The topological polar surface area (TPSA) is 45.4 Å². The Balaban J connectivity index is 1.29. The van der Waals surface area contributed by atoms with Gasteiger partial charge in [0, 0.05) is 24.8 Å². The number of anilines is 1. The molecule has 3 heterocycles. The van der Waals surface area contributed by atoms with Crippen LogP contribution in [-0.2, 0) is 0 Å². The number of nitrogens with zero attached hydrogens (tertiary/aromatic N) is 4. The van der Waals surface area contributed by atoms with Crippen LogP contribution < -0.4 is 4.90 Å². The van der Waals surface area contributed by atoms with Gasteiger partial charge in [0.05, 0.1) is 5.56 Å². The van der Waals surface area contributed by atoms with Gasteiger partial charge in [-0.1, -0.05) is 5.16 Å². The number of aryl methyl sites for hydroxylation is 1. The Hall–Kier alpha value is -1.95. The van der Waals surface area contributed by atoms with Crippen molar-refractivity contribution in [3.63, 3.8) is 0 Å². The number of benzene rings is 1. The lowest BCUT2D eigenvalue weighted by atomic mass is 9.82. The van der Waals surface area contributed by atoms with Gasteiger partial charge in [0.1, 0.15) is 5.82 Å². The van der Waals surface area contributed by atoms with E-state index in [1.807, 2.05) is 6.07 Å². The molecular formula is C23H33FN4O. The molecule has 0 amide bonds. The van der Waals surface area contributed by atoms with Gasteiger partial charge in [0.15, 0.2) is 5.82 Å². The van der Waals surface area contributed by atoms with Crippen LogP contribution in [0.2, 0.25) is 0 Å². The van der Waals surface area contributed by atoms with Gasteiger partial charge < -0.3 is 14.3 Å². The number of likely N-dealkylation sites (tertiary alicyclic amines) is 1. The third kappa shape index (κ3) is 4.80. The number of piperidine rings is 2. The molecule has 0 bridgehead atoms. The monoisotopic (exact) mass is 400 g/mol. The van der Waals surface area contributed by atoms with Gasteiger partial charge >= 0.3 is 0 Å². The Morgan fingerprint density at radius 1 is 1.07 bits per heavy atom. The minimum atomic E-state index is -0.301. The van der Waals surface area contributed by atoms with Crippen LogP contribution >= 0.6 is 0 Å². The molecule has 2 aliphatic heterocycles. The van der Waals surface area contributed by atoms with E-state index >= 15 is 0 Å². The fraction of sp³-hybridized carbons (Fsp3) is 0.652. The van der Waals surface area contributed by atoms with E-state index in [0.717, 1.165) is 30.6 Å². The summed E-state index contributed by atoms with van der Waals surface area (Å²) in [5, 5.41) is 3.75. The highest BCUT2D eigenvalue weighted by atomic mass is 19.1. The summed E-state index contributed by atoms with van der Waals surface area (Å²) in [7, 11) is 0. The number of hydrogen-bond donors (Lipinski definition) is 0. The van der Waals surface area contributed by atoms with E-state index in [-0.39, 0.29) is 11.7 Å². The minimum Gasteiger partial charge on any atom is -0.371 e. The van der Waals surface area contributed by atoms with Gasteiger partial charge in [-0.15, -0.1) is 0 Å². The predicted octanol–water partition coefficient (Wildman–Crippen LogP) is 4.91. The molecular weight excluding hydrogens is 367 g/mol. The second-order valence-electron chi connectivity index (χ2n) is 9.05. The van der Waals surface area contributed by atoms with Crippen molar-refractivity contribution in [3.05, 3.63) is 29.8 Å². The Kier molecular flexibility index (Phi) is 6.18. The SMILES string of the molecule is Cc1noc(-c2ccc(N3CCC(CC4CCN(C(C)C)CC4)CC3)cc2F)n1. The zero-order valence-electron chi connectivity index (χ0n) is 17.9. The summed E-state index contributed by atoms with van der Waals surface area (Å²) in [6.45, 7) is 10.9. The zero-order valence-corrected chi connectivity index (χ0v) is 17.9. The molecule has 29 heavy (non-hydrogen) atoms. The summed E-state index contributed by atoms with van der Waals surface area (Å²) < 4.78 is 19.7. The van der Waals surface area contributed by atoms with E-state index < -0.39 is 0 Å². The molecule has 1 aromatic heterocycles. The highest BCUT2D eigenvalue weighted by molar-refractivity contribution is 5.60. The fourth-order valence-electron chi connectivity index (χ4n) is 4.88. The maximum Gasteiger partial charge on any atom is 0.260 e. The van der Waals surface area contributed by atoms with Crippen molar-refractivity contribution in [1.82, 2.24) is 15.0 Å². The maximum atomic E-state index is 14.6. The molecule has 0 unspecified atom stereocenters. The van der Waals surface area contributed by atoms with Crippen LogP contribution in [0.1, 0.15) is 51.8 Å². The van der Waals surface area contributed by atoms with Crippen LogP contribution in [0.4, 0.5) is 10.1 Å². The third-order valence-electron chi connectivity index (χ3n) is 6.74. The summed E-state index contributed by atoms with van der Waals surface area (Å²) in [5.74, 6) is 2.16. The van der Waals surface area contributed by atoms with Gasteiger partial charge in [0.2, 0.25) is 0 Å². The first-order valence-electron chi connectivity index (χ1n) is 11.1. The van der Waals surface area contributed by atoms with Crippen LogP contribution in [0, 0.1) is 24.6 Å². The van der Waals surface area contributed by atoms with Crippen LogP contribution in [0.25, 0.3) is 11.5 Å². The average Bonchev–Trinajstić information content (AvgIpc) is 3.15. The van der Waals surface area contributed by atoms with Crippen LogP contribution in [0.3, 0.4) is 0 Å². The number of halogens is 1. The molecule has 0 aliphatic carbocycles.